The number of rotatable bonds is 11. The van der Waals surface area contributed by atoms with Crippen LogP contribution < -0.4 is 24.8 Å². The Kier molecular flexibility index (Phi) is 14.0. The third kappa shape index (κ3) is 10.7. The molecule has 12 heteroatoms. The number of likely N-dealkylation sites (N-methyl/N-ethyl adjacent to an activating group) is 2. The number of amides is 4. The van der Waals surface area contributed by atoms with Gasteiger partial charge >= 0.3 is 0 Å². The molecule has 0 fully saturated rings. The van der Waals surface area contributed by atoms with Crippen molar-refractivity contribution in [1.29, 1.82) is 0 Å². The lowest BCUT2D eigenvalue weighted by molar-refractivity contribution is -0.147. The van der Waals surface area contributed by atoms with Crippen molar-refractivity contribution in [2.45, 2.75) is 78.0 Å². The summed E-state index contributed by atoms with van der Waals surface area (Å²) in [5, 5.41) is 5.55. The summed E-state index contributed by atoms with van der Waals surface area (Å²) in [5.41, 5.74) is 0.182. The maximum Gasteiger partial charge on any atom is 0.255 e. The number of halogens is 1. The fraction of sp³-hybridized carbons (Fsp3) is 0.450. The van der Waals surface area contributed by atoms with E-state index in [9.17, 15) is 23.6 Å². The number of nitrogens with one attached hydrogen (secondary N) is 2. The Balaban J connectivity index is 1.58. The molecule has 3 aromatic rings. The van der Waals surface area contributed by atoms with Gasteiger partial charge in [-0.05, 0) is 68.0 Å². The molecule has 2 N–H and O–H groups in total. The quantitative estimate of drug-likeness (QED) is 0.256. The van der Waals surface area contributed by atoms with Crippen molar-refractivity contribution < 1.29 is 37.8 Å². The van der Waals surface area contributed by atoms with Crippen LogP contribution in [0.2, 0.25) is 0 Å². The van der Waals surface area contributed by atoms with Crippen LogP contribution >= 0.6 is 0 Å². The monoisotopic (exact) mass is 718 g/mol. The number of fused-ring (bicyclic) bond motifs is 1. The highest BCUT2D eigenvalue weighted by Crippen LogP contribution is 2.34. The number of ether oxygens (including phenoxy) is 3. The van der Waals surface area contributed by atoms with E-state index in [-0.39, 0.29) is 54.1 Å². The molecule has 0 saturated heterocycles. The molecule has 0 unspecified atom stereocenters. The molecule has 0 aliphatic carbocycles. The van der Waals surface area contributed by atoms with E-state index in [0.29, 0.717) is 24.3 Å². The van der Waals surface area contributed by atoms with E-state index in [2.05, 4.69) is 24.5 Å². The van der Waals surface area contributed by atoms with Crippen LogP contribution in [0.25, 0.3) is 0 Å². The molecule has 4 amide bonds. The smallest absolute Gasteiger partial charge is 0.255 e. The summed E-state index contributed by atoms with van der Waals surface area (Å²) in [6, 6.07) is 16.6. The molecule has 280 valence electrons. The van der Waals surface area contributed by atoms with Gasteiger partial charge < -0.3 is 34.6 Å². The largest absolute Gasteiger partial charge is 0.491 e. The zero-order valence-corrected chi connectivity index (χ0v) is 31.1. The maximum atomic E-state index is 14.8. The van der Waals surface area contributed by atoms with Crippen LogP contribution in [-0.2, 0) is 14.4 Å². The van der Waals surface area contributed by atoms with Gasteiger partial charge in [-0.2, -0.15) is 0 Å². The first-order valence-corrected chi connectivity index (χ1v) is 17.7. The molecule has 52 heavy (non-hydrogen) atoms. The topological polar surface area (TPSA) is 127 Å². The normalized spacial score (nSPS) is 19.3. The van der Waals surface area contributed by atoms with Crippen LogP contribution in [0.1, 0.15) is 64.2 Å². The lowest BCUT2D eigenvalue weighted by Gasteiger charge is -2.37. The average Bonchev–Trinajstić information content (AvgIpc) is 3.11. The molecule has 0 spiro atoms. The molecule has 1 aliphatic heterocycles. The van der Waals surface area contributed by atoms with Gasteiger partial charge in [0.15, 0.2) is 11.6 Å². The lowest BCUT2D eigenvalue weighted by Crippen LogP contribution is -2.55. The van der Waals surface area contributed by atoms with E-state index in [1.807, 2.05) is 19.9 Å². The van der Waals surface area contributed by atoms with Gasteiger partial charge in [0.05, 0.1) is 24.1 Å². The average molecular weight is 719 g/mol. The van der Waals surface area contributed by atoms with Crippen molar-refractivity contribution in [3.05, 3.63) is 84.2 Å². The molecular weight excluding hydrogens is 667 g/mol. The van der Waals surface area contributed by atoms with Crippen molar-refractivity contribution in [2.75, 3.05) is 27.3 Å². The van der Waals surface area contributed by atoms with E-state index in [4.69, 9.17) is 14.2 Å². The Morgan fingerprint density at radius 1 is 0.904 bits per heavy atom. The first-order valence-electron chi connectivity index (χ1n) is 17.7. The molecule has 1 aliphatic rings. The van der Waals surface area contributed by atoms with Gasteiger partial charge in [-0.15, -0.1) is 0 Å². The summed E-state index contributed by atoms with van der Waals surface area (Å²) in [4.78, 5) is 58.5. The molecule has 11 nitrogen and oxygen atoms in total. The summed E-state index contributed by atoms with van der Waals surface area (Å²) >= 11 is 0. The number of nitrogens with zero attached hydrogens (tertiary/aromatic N) is 2. The highest BCUT2D eigenvalue weighted by molar-refractivity contribution is 6.01. The lowest BCUT2D eigenvalue weighted by atomic mass is 9.98. The van der Waals surface area contributed by atoms with Crippen molar-refractivity contribution in [3.63, 3.8) is 0 Å². The molecule has 0 saturated carbocycles. The van der Waals surface area contributed by atoms with Gasteiger partial charge in [-0.25, -0.2) is 4.39 Å². The molecule has 4 atom stereocenters. The number of carbonyl (C=O) groups excluding carboxylic acids is 4. The predicted molar refractivity (Wildman–Crippen MR) is 196 cm³/mol. The highest BCUT2D eigenvalue weighted by atomic mass is 19.1. The maximum absolute atomic E-state index is 14.8. The van der Waals surface area contributed by atoms with E-state index in [1.165, 1.54) is 17.0 Å². The fourth-order valence-electron chi connectivity index (χ4n) is 5.98. The molecule has 0 radical (unpaired) electrons. The van der Waals surface area contributed by atoms with E-state index in [1.54, 1.807) is 80.5 Å². The zero-order chi connectivity index (χ0) is 37.9. The van der Waals surface area contributed by atoms with E-state index < -0.39 is 48.1 Å². The number of hydrogen-bond donors (Lipinski definition) is 2. The summed E-state index contributed by atoms with van der Waals surface area (Å²) in [6.45, 7) is 9.79. The van der Waals surface area contributed by atoms with Crippen molar-refractivity contribution in [1.82, 2.24) is 20.4 Å². The SMILES string of the molecule is CC(C)C[C@@H]1COc2ccccc2C(=O)N[C@H](C(=O)N[C@H](C)COc2cccc(F)c2Oc2ccccc2)CC(=O)N(C)[C@@H](CC(C)C)C(=O)N1C. The summed E-state index contributed by atoms with van der Waals surface area (Å²) in [5.74, 6) is -1.51. The van der Waals surface area contributed by atoms with Gasteiger partial charge in [0.2, 0.25) is 23.5 Å². The Bertz CT molecular complexity index is 1690. The minimum absolute atomic E-state index is 0.0829. The zero-order valence-electron chi connectivity index (χ0n) is 31.1. The Hall–Kier alpha value is -5.13. The molecule has 0 bridgehead atoms. The Labute approximate surface area is 305 Å². The van der Waals surface area contributed by atoms with Gasteiger partial charge in [-0.3, -0.25) is 19.2 Å². The van der Waals surface area contributed by atoms with E-state index >= 15 is 0 Å². The number of para-hydroxylation sites is 3. The minimum atomic E-state index is -1.31. The molecule has 1 heterocycles. The standard InChI is InChI=1S/C40H51FN4O7/c1-25(2)20-28-24-51-34-18-12-11-16-30(34)38(47)43-32(22-36(46)45(7)33(21-26(3)4)40(49)44(28)6)39(48)42-27(5)23-50-35-19-13-17-31(41)37(35)52-29-14-9-8-10-15-29/h8-19,25-28,32-33H,20-24H2,1-7H3,(H,42,48)(H,43,47)/t27-,28-,32+,33+/m1/s1. The minimum Gasteiger partial charge on any atom is -0.491 e. The van der Waals surface area contributed by atoms with Crippen LogP contribution in [-0.4, -0.2) is 84.9 Å². The van der Waals surface area contributed by atoms with Crippen molar-refractivity contribution >= 4 is 23.6 Å². The van der Waals surface area contributed by atoms with Gasteiger partial charge in [-0.1, -0.05) is 64.1 Å². The van der Waals surface area contributed by atoms with Crippen LogP contribution in [0, 0.1) is 17.7 Å². The second-order valence-electron chi connectivity index (χ2n) is 14.1. The Morgan fingerprint density at radius 2 is 1.58 bits per heavy atom. The molecule has 3 aromatic carbocycles. The number of hydrogen-bond acceptors (Lipinski definition) is 7. The predicted octanol–water partition coefficient (Wildman–Crippen LogP) is 5.83. The molecular formula is C40H51FN4O7. The van der Waals surface area contributed by atoms with Crippen LogP contribution in [0.4, 0.5) is 4.39 Å². The van der Waals surface area contributed by atoms with Crippen LogP contribution in [0.15, 0.2) is 72.8 Å². The molecule has 0 aromatic heterocycles. The first kappa shape index (κ1) is 39.7. The van der Waals surface area contributed by atoms with Crippen LogP contribution in [0.5, 0.6) is 23.0 Å². The van der Waals surface area contributed by atoms with Crippen molar-refractivity contribution in [3.8, 4) is 23.0 Å². The van der Waals surface area contributed by atoms with E-state index in [0.717, 1.165) is 0 Å². The third-order valence-electron chi connectivity index (χ3n) is 8.81. The summed E-state index contributed by atoms with van der Waals surface area (Å²) < 4.78 is 32.6. The number of benzene rings is 3. The van der Waals surface area contributed by atoms with Crippen LogP contribution in [0.3, 0.4) is 0 Å². The molecule has 4 rings (SSSR count). The Morgan fingerprint density at radius 3 is 2.27 bits per heavy atom. The van der Waals surface area contributed by atoms with Crippen molar-refractivity contribution in [2.24, 2.45) is 11.8 Å². The summed E-state index contributed by atoms with van der Waals surface area (Å²) in [7, 11) is 3.27. The first-order chi connectivity index (χ1) is 24.7. The third-order valence-corrected chi connectivity index (χ3v) is 8.81. The number of carbonyl (C=O) groups is 4. The summed E-state index contributed by atoms with van der Waals surface area (Å²) in [6.07, 6.45) is 0.634. The van der Waals surface area contributed by atoms with Gasteiger partial charge in [0.25, 0.3) is 5.91 Å². The second kappa shape index (κ2) is 18.4. The second-order valence-corrected chi connectivity index (χ2v) is 14.1. The fourth-order valence-corrected chi connectivity index (χ4v) is 5.98. The van der Waals surface area contributed by atoms with Gasteiger partial charge in [0, 0.05) is 14.1 Å². The van der Waals surface area contributed by atoms with Gasteiger partial charge in [0.1, 0.15) is 36.8 Å². The highest BCUT2D eigenvalue weighted by Gasteiger charge is 2.36.